The summed E-state index contributed by atoms with van der Waals surface area (Å²) < 4.78 is 5.49. The Kier molecular flexibility index (Phi) is 9.41. The third-order valence-electron chi connectivity index (χ3n) is 5.22. The van der Waals surface area contributed by atoms with Gasteiger partial charge in [0, 0.05) is 38.3 Å². The van der Waals surface area contributed by atoms with Crippen LogP contribution in [0.2, 0.25) is 0 Å². The number of hydrogen-bond acceptors (Lipinski definition) is 5. The number of methoxy groups -OCH3 is 1. The summed E-state index contributed by atoms with van der Waals surface area (Å²) in [6.07, 6.45) is 3.40. The van der Waals surface area contributed by atoms with Crippen molar-refractivity contribution in [1.29, 1.82) is 0 Å². The first-order chi connectivity index (χ1) is 13.2. The number of ether oxygens (including phenoxy) is 1. The number of benzene rings is 1. The van der Waals surface area contributed by atoms with Gasteiger partial charge in [-0.15, -0.1) is 24.2 Å². The molecule has 156 valence electrons. The molecule has 1 atom stereocenters. The van der Waals surface area contributed by atoms with Crippen molar-refractivity contribution in [3.05, 3.63) is 29.8 Å². The molecule has 0 bridgehead atoms. The summed E-state index contributed by atoms with van der Waals surface area (Å²) in [7, 11) is 1.66. The Morgan fingerprint density at radius 2 is 1.82 bits per heavy atom. The molecule has 2 saturated heterocycles. The Balaban J connectivity index is 0.00000280. The lowest BCUT2D eigenvalue weighted by Crippen LogP contribution is -2.49. The van der Waals surface area contributed by atoms with E-state index < -0.39 is 0 Å². The smallest absolute Gasteiger partial charge is 0.233 e. The zero-order chi connectivity index (χ0) is 19.1. The predicted octanol–water partition coefficient (Wildman–Crippen LogP) is 2.34. The van der Waals surface area contributed by atoms with E-state index in [1.165, 1.54) is 18.2 Å². The molecule has 1 unspecified atom stereocenters. The van der Waals surface area contributed by atoms with Crippen molar-refractivity contribution in [2.75, 3.05) is 51.3 Å². The van der Waals surface area contributed by atoms with Crippen molar-refractivity contribution in [2.24, 2.45) is 0 Å². The van der Waals surface area contributed by atoms with Gasteiger partial charge in [0.15, 0.2) is 0 Å². The second-order valence-electron chi connectivity index (χ2n) is 6.98. The van der Waals surface area contributed by atoms with Gasteiger partial charge in [0.1, 0.15) is 5.75 Å². The van der Waals surface area contributed by atoms with Gasteiger partial charge in [-0.25, -0.2) is 0 Å². The van der Waals surface area contributed by atoms with E-state index >= 15 is 0 Å². The molecule has 0 aliphatic carbocycles. The number of piperidine rings is 1. The predicted molar refractivity (Wildman–Crippen MR) is 115 cm³/mol. The Morgan fingerprint density at radius 1 is 1.11 bits per heavy atom. The Bertz CT molecular complexity index is 655. The number of amides is 2. The highest BCUT2D eigenvalue weighted by molar-refractivity contribution is 8.00. The molecular weight excluding hydrogens is 398 g/mol. The molecule has 0 saturated carbocycles. The molecule has 1 aromatic carbocycles. The number of piperazine rings is 1. The number of para-hydroxylation sites is 1. The van der Waals surface area contributed by atoms with E-state index in [9.17, 15) is 9.59 Å². The van der Waals surface area contributed by atoms with Gasteiger partial charge in [-0.05, 0) is 25.3 Å². The highest BCUT2D eigenvalue weighted by Gasteiger charge is 2.29. The van der Waals surface area contributed by atoms with Gasteiger partial charge in [0.2, 0.25) is 11.8 Å². The number of carbonyl (C=O) groups is 2. The zero-order valence-electron chi connectivity index (χ0n) is 16.4. The first-order valence-electron chi connectivity index (χ1n) is 9.69. The largest absolute Gasteiger partial charge is 0.496 e. The van der Waals surface area contributed by atoms with Gasteiger partial charge in [-0.1, -0.05) is 18.2 Å². The summed E-state index contributed by atoms with van der Waals surface area (Å²) in [6, 6.07) is 7.82. The van der Waals surface area contributed by atoms with Crippen LogP contribution >= 0.6 is 24.2 Å². The lowest BCUT2D eigenvalue weighted by molar-refractivity contribution is -0.131. The van der Waals surface area contributed by atoms with Crippen LogP contribution in [0.4, 0.5) is 0 Å². The topological polar surface area (TPSA) is 61.9 Å². The number of carbonyl (C=O) groups excluding carboxylic acids is 2. The van der Waals surface area contributed by atoms with Crippen molar-refractivity contribution >= 4 is 36.0 Å². The van der Waals surface area contributed by atoms with Crippen LogP contribution in [0.25, 0.3) is 0 Å². The molecule has 0 radical (unpaired) electrons. The summed E-state index contributed by atoms with van der Waals surface area (Å²) in [5.74, 6) is 1.78. The molecule has 0 spiro atoms. The maximum atomic E-state index is 12.9. The molecule has 2 aliphatic rings. The molecule has 1 N–H and O–H groups in total. The molecular formula is C20H30ClN3O3S. The van der Waals surface area contributed by atoms with Gasteiger partial charge in [-0.2, -0.15) is 0 Å². The molecule has 2 heterocycles. The third-order valence-corrected chi connectivity index (χ3v) is 6.12. The normalized spacial score (nSPS) is 19.7. The fourth-order valence-corrected chi connectivity index (χ4v) is 4.57. The lowest BCUT2D eigenvalue weighted by Gasteiger charge is -2.37. The molecule has 0 aromatic heterocycles. The third kappa shape index (κ3) is 5.78. The molecule has 2 fully saturated rings. The fraction of sp³-hybridized carbons (Fsp3) is 0.600. The number of nitrogens with zero attached hydrogens (tertiary/aromatic N) is 2. The summed E-state index contributed by atoms with van der Waals surface area (Å²) in [5.41, 5.74) is 1.02. The molecule has 6 nitrogen and oxygen atoms in total. The Labute approximate surface area is 177 Å². The van der Waals surface area contributed by atoms with E-state index in [2.05, 4.69) is 5.32 Å². The summed E-state index contributed by atoms with van der Waals surface area (Å²) in [4.78, 5) is 29.0. The van der Waals surface area contributed by atoms with Gasteiger partial charge >= 0.3 is 0 Å². The fourth-order valence-electron chi connectivity index (χ4n) is 3.77. The average Bonchev–Trinajstić information content (AvgIpc) is 2.74. The number of halogens is 1. The summed E-state index contributed by atoms with van der Waals surface area (Å²) in [5, 5.41) is 3.37. The van der Waals surface area contributed by atoms with Crippen LogP contribution < -0.4 is 10.1 Å². The maximum Gasteiger partial charge on any atom is 0.233 e. The van der Waals surface area contributed by atoms with E-state index in [0.717, 1.165) is 43.8 Å². The zero-order valence-corrected chi connectivity index (χ0v) is 18.0. The SMILES string of the molecule is COc1ccccc1C1CNCCN1C(=O)CSCC(=O)N1CCCCC1.Cl. The van der Waals surface area contributed by atoms with Gasteiger partial charge in [-0.3, -0.25) is 9.59 Å². The molecule has 2 aliphatic heterocycles. The first kappa shape index (κ1) is 22.8. The van der Waals surface area contributed by atoms with E-state index in [-0.39, 0.29) is 30.3 Å². The van der Waals surface area contributed by atoms with Crippen molar-refractivity contribution in [1.82, 2.24) is 15.1 Å². The minimum Gasteiger partial charge on any atom is -0.496 e. The van der Waals surface area contributed by atoms with Crippen LogP contribution in [0.15, 0.2) is 24.3 Å². The van der Waals surface area contributed by atoms with Crippen molar-refractivity contribution in [3.8, 4) is 5.75 Å². The van der Waals surface area contributed by atoms with Crippen molar-refractivity contribution < 1.29 is 14.3 Å². The minimum atomic E-state index is -0.0409. The maximum absolute atomic E-state index is 12.9. The molecule has 8 heteroatoms. The quantitative estimate of drug-likeness (QED) is 0.755. The van der Waals surface area contributed by atoms with Crippen molar-refractivity contribution in [3.63, 3.8) is 0 Å². The first-order valence-corrected chi connectivity index (χ1v) is 10.8. The average molecular weight is 428 g/mol. The number of likely N-dealkylation sites (tertiary alicyclic amines) is 1. The van der Waals surface area contributed by atoms with Crippen LogP contribution in [-0.4, -0.2) is 73.0 Å². The standard InChI is InChI=1S/C20H29N3O3S.ClH/c1-26-18-8-4-3-7-16(18)17-13-21-9-12-23(17)20(25)15-27-14-19(24)22-10-5-2-6-11-22;/h3-4,7-8,17,21H,2,5-6,9-15H2,1H3;1H. The monoisotopic (exact) mass is 427 g/mol. The van der Waals surface area contributed by atoms with Gasteiger partial charge in [0.25, 0.3) is 0 Å². The second-order valence-corrected chi connectivity index (χ2v) is 7.97. The Hall–Kier alpha value is -1.44. The van der Waals surface area contributed by atoms with Crippen LogP contribution in [-0.2, 0) is 9.59 Å². The van der Waals surface area contributed by atoms with Gasteiger partial charge in [0.05, 0.1) is 24.7 Å². The van der Waals surface area contributed by atoms with E-state index in [0.29, 0.717) is 24.6 Å². The van der Waals surface area contributed by atoms with E-state index in [1.807, 2.05) is 34.1 Å². The number of thioether (sulfide) groups is 1. The summed E-state index contributed by atoms with van der Waals surface area (Å²) in [6.45, 7) is 3.89. The molecule has 2 amide bonds. The Morgan fingerprint density at radius 3 is 2.57 bits per heavy atom. The highest BCUT2D eigenvalue weighted by Crippen LogP contribution is 2.30. The molecule has 28 heavy (non-hydrogen) atoms. The van der Waals surface area contributed by atoms with Crippen LogP contribution in [0.3, 0.4) is 0 Å². The van der Waals surface area contributed by atoms with E-state index in [4.69, 9.17) is 4.74 Å². The highest BCUT2D eigenvalue weighted by atomic mass is 35.5. The second kappa shape index (κ2) is 11.5. The minimum absolute atomic E-state index is 0. The van der Waals surface area contributed by atoms with E-state index in [1.54, 1.807) is 7.11 Å². The number of hydrogen-bond donors (Lipinski definition) is 1. The summed E-state index contributed by atoms with van der Waals surface area (Å²) >= 11 is 1.43. The number of nitrogens with one attached hydrogen (secondary N) is 1. The molecule has 1 aromatic rings. The van der Waals surface area contributed by atoms with Crippen LogP contribution in [0.1, 0.15) is 30.9 Å². The molecule has 3 rings (SSSR count). The van der Waals surface area contributed by atoms with Crippen molar-refractivity contribution in [2.45, 2.75) is 25.3 Å². The van der Waals surface area contributed by atoms with Crippen LogP contribution in [0, 0.1) is 0 Å². The lowest BCUT2D eigenvalue weighted by atomic mass is 10.0. The number of rotatable bonds is 6. The van der Waals surface area contributed by atoms with Crippen LogP contribution in [0.5, 0.6) is 5.75 Å². The van der Waals surface area contributed by atoms with Gasteiger partial charge < -0.3 is 19.9 Å².